The third kappa shape index (κ3) is 5.53. The molecule has 1 aliphatic carbocycles. The molecule has 0 fully saturated rings. The van der Waals surface area contributed by atoms with Gasteiger partial charge >= 0.3 is 12.1 Å². The van der Waals surface area contributed by atoms with Crippen molar-refractivity contribution in [1.29, 1.82) is 0 Å². The smallest absolute Gasteiger partial charge is 0.407 e. The van der Waals surface area contributed by atoms with Gasteiger partial charge in [-0.3, -0.25) is 9.59 Å². The molecule has 7 nitrogen and oxygen atoms in total. The number of hydrogen-bond donors (Lipinski definition) is 3. The van der Waals surface area contributed by atoms with Crippen LogP contribution in [-0.4, -0.2) is 42.8 Å². The fourth-order valence-electron chi connectivity index (χ4n) is 3.86. The first-order chi connectivity index (χ1) is 15.5. The monoisotopic (exact) mass is 452 g/mol. The fourth-order valence-corrected chi connectivity index (χ4v) is 3.86. The van der Waals surface area contributed by atoms with E-state index in [9.17, 15) is 19.5 Å². The zero-order valence-corrected chi connectivity index (χ0v) is 19.6. The van der Waals surface area contributed by atoms with Crippen molar-refractivity contribution in [3.63, 3.8) is 0 Å². The molecule has 0 aliphatic heterocycles. The van der Waals surface area contributed by atoms with E-state index in [1.165, 1.54) is 11.1 Å². The number of alkyl carbamates (subject to hydrolysis) is 1. The molecule has 0 atom stereocenters. The van der Waals surface area contributed by atoms with Crippen LogP contribution in [-0.2, 0) is 14.3 Å². The predicted molar refractivity (Wildman–Crippen MR) is 126 cm³/mol. The highest BCUT2D eigenvalue weighted by Crippen LogP contribution is 2.44. The van der Waals surface area contributed by atoms with Crippen molar-refractivity contribution >= 4 is 18.0 Å². The number of benzene rings is 2. The van der Waals surface area contributed by atoms with Crippen LogP contribution in [0.1, 0.15) is 51.2 Å². The number of fused-ring (bicyclic) bond motifs is 3. The minimum absolute atomic E-state index is 0.0111. The Hall–Kier alpha value is -3.35. The molecule has 0 radical (unpaired) electrons. The second-order valence-electron chi connectivity index (χ2n) is 9.76. The maximum atomic E-state index is 12.5. The topological polar surface area (TPSA) is 105 Å². The van der Waals surface area contributed by atoms with Gasteiger partial charge in [-0.1, -0.05) is 62.4 Å². The van der Waals surface area contributed by atoms with Crippen LogP contribution in [0.5, 0.6) is 0 Å². The predicted octanol–water partition coefficient (Wildman–Crippen LogP) is 4.17. The summed E-state index contributed by atoms with van der Waals surface area (Å²) >= 11 is 0. The van der Waals surface area contributed by atoms with E-state index in [1.807, 2.05) is 24.3 Å². The molecular weight excluding hydrogens is 420 g/mol. The molecule has 0 unspecified atom stereocenters. The number of hydrogen-bond acceptors (Lipinski definition) is 4. The molecule has 3 rings (SSSR count). The van der Waals surface area contributed by atoms with E-state index in [1.54, 1.807) is 27.7 Å². The van der Waals surface area contributed by atoms with Crippen LogP contribution in [0.15, 0.2) is 48.5 Å². The minimum atomic E-state index is -1.05. The lowest BCUT2D eigenvalue weighted by molar-refractivity contribution is -0.147. The number of carboxylic acid groups (broad SMARTS) is 1. The molecule has 0 heterocycles. The summed E-state index contributed by atoms with van der Waals surface area (Å²) in [6.45, 7) is 7.16. The van der Waals surface area contributed by atoms with Gasteiger partial charge in [-0.2, -0.15) is 0 Å². The van der Waals surface area contributed by atoms with E-state index >= 15 is 0 Å². The Bertz CT molecular complexity index is 999. The van der Waals surface area contributed by atoms with Gasteiger partial charge in [0.2, 0.25) is 5.91 Å². The number of carbonyl (C=O) groups is 3. The van der Waals surface area contributed by atoms with E-state index in [0.29, 0.717) is 6.42 Å². The van der Waals surface area contributed by atoms with Gasteiger partial charge in [0, 0.05) is 24.4 Å². The van der Waals surface area contributed by atoms with Crippen molar-refractivity contribution in [3.05, 3.63) is 59.7 Å². The molecule has 2 aromatic rings. The zero-order valence-electron chi connectivity index (χ0n) is 19.6. The summed E-state index contributed by atoms with van der Waals surface area (Å²) in [5.74, 6) is -1.24. The van der Waals surface area contributed by atoms with Crippen LogP contribution < -0.4 is 10.6 Å². The van der Waals surface area contributed by atoms with E-state index in [2.05, 4.69) is 34.9 Å². The molecule has 176 valence electrons. The van der Waals surface area contributed by atoms with Crippen LogP contribution >= 0.6 is 0 Å². The van der Waals surface area contributed by atoms with Gasteiger partial charge < -0.3 is 20.5 Å². The second-order valence-corrected chi connectivity index (χ2v) is 9.76. The number of carbonyl (C=O) groups excluding carboxylic acids is 2. The minimum Gasteiger partial charge on any atom is -0.481 e. The van der Waals surface area contributed by atoms with Crippen molar-refractivity contribution in [2.45, 2.75) is 40.0 Å². The summed E-state index contributed by atoms with van der Waals surface area (Å²) in [5.41, 5.74) is 2.81. The molecule has 0 saturated heterocycles. The summed E-state index contributed by atoms with van der Waals surface area (Å²) in [6.07, 6.45) is -0.142. The van der Waals surface area contributed by atoms with Gasteiger partial charge in [0.1, 0.15) is 6.61 Å². The molecule has 7 heteroatoms. The zero-order chi connectivity index (χ0) is 24.2. The number of carboxylic acids is 1. The molecule has 0 aromatic heterocycles. The highest BCUT2D eigenvalue weighted by molar-refractivity contribution is 5.83. The van der Waals surface area contributed by atoms with Crippen molar-refractivity contribution in [1.82, 2.24) is 10.6 Å². The fraction of sp³-hybridized carbons (Fsp3) is 0.423. The third-order valence-electron chi connectivity index (χ3n) is 6.25. The molecule has 2 amide bonds. The van der Waals surface area contributed by atoms with Crippen LogP contribution in [0.3, 0.4) is 0 Å². The maximum Gasteiger partial charge on any atom is 0.407 e. The normalized spacial score (nSPS) is 13.1. The molecule has 1 aliphatic rings. The summed E-state index contributed by atoms with van der Waals surface area (Å²) in [7, 11) is 0. The average molecular weight is 453 g/mol. The second kappa shape index (κ2) is 9.65. The summed E-state index contributed by atoms with van der Waals surface area (Å²) in [4.78, 5) is 36.0. The van der Waals surface area contributed by atoms with Gasteiger partial charge in [0.05, 0.1) is 5.41 Å². The van der Waals surface area contributed by atoms with Crippen molar-refractivity contribution in [2.24, 2.45) is 10.8 Å². The van der Waals surface area contributed by atoms with Crippen LogP contribution in [0.25, 0.3) is 11.1 Å². The van der Waals surface area contributed by atoms with Gasteiger partial charge in [-0.05, 0) is 42.5 Å². The molecule has 0 bridgehead atoms. The Morgan fingerprint density at radius 1 is 0.879 bits per heavy atom. The van der Waals surface area contributed by atoms with Gasteiger partial charge in [-0.25, -0.2) is 4.79 Å². The number of rotatable bonds is 9. The van der Waals surface area contributed by atoms with Crippen molar-refractivity contribution in [2.75, 3.05) is 19.7 Å². The van der Waals surface area contributed by atoms with Crippen molar-refractivity contribution < 1.29 is 24.2 Å². The third-order valence-corrected chi connectivity index (χ3v) is 6.25. The lowest BCUT2D eigenvalue weighted by atomic mass is 9.87. The SMILES string of the molecule is CC(C)(CNC(=O)C(C)(C)CCNC(=O)OCC1c2ccccc2-c2ccccc21)C(=O)O. The van der Waals surface area contributed by atoms with E-state index in [0.717, 1.165) is 11.1 Å². The Morgan fingerprint density at radius 2 is 1.42 bits per heavy atom. The molecule has 0 spiro atoms. The van der Waals surface area contributed by atoms with Gasteiger partial charge in [0.15, 0.2) is 0 Å². The van der Waals surface area contributed by atoms with Crippen LogP contribution in [0.4, 0.5) is 4.79 Å². The molecule has 33 heavy (non-hydrogen) atoms. The summed E-state index contributed by atoms with van der Waals surface area (Å²) < 4.78 is 5.52. The Balaban J connectivity index is 1.48. The maximum absolute atomic E-state index is 12.5. The quantitative estimate of drug-likeness (QED) is 0.530. The largest absolute Gasteiger partial charge is 0.481 e. The Kier molecular flexibility index (Phi) is 7.10. The molecule has 3 N–H and O–H groups in total. The lowest BCUT2D eigenvalue weighted by Crippen LogP contribution is -2.45. The van der Waals surface area contributed by atoms with Crippen LogP contribution in [0, 0.1) is 10.8 Å². The molecule has 0 saturated carbocycles. The number of nitrogens with one attached hydrogen (secondary N) is 2. The summed E-state index contributed by atoms with van der Waals surface area (Å²) in [6, 6.07) is 16.3. The number of aliphatic carboxylic acids is 1. The summed E-state index contributed by atoms with van der Waals surface area (Å²) in [5, 5.41) is 14.6. The van der Waals surface area contributed by atoms with Gasteiger partial charge in [-0.15, -0.1) is 0 Å². The van der Waals surface area contributed by atoms with E-state index < -0.39 is 22.9 Å². The number of amides is 2. The van der Waals surface area contributed by atoms with Crippen molar-refractivity contribution in [3.8, 4) is 11.1 Å². The average Bonchev–Trinajstić information content (AvgIpc) is 3.09. The number of ether oxygens (including phenoxy) is 1. The highest BCUT2D eigenvalue weighted by atomic mass is 16.5. The van der Waals surface area contributed by atoms with Crippen LogP contribution in [0.2, 0.25) is 0 Å². The van der Waals surface area contributed by atoms with E-state index in [4.69, 9.17) is 4.74 Å². The Labute approximate surface area is 194 Å². The molecule has 2 aromatic carbocycles. The van der Waals surface area contributed by atoms with E-state index in [-0.39, 0.29) is 31.5 Å². The standard InChI is InChI=1S/C26H32N2O5/c1-25(2,22(29)28-16-26(3,4)23(30)31)13-14-27-24(32)33-15-21-19-11-7-5-9-17(19)18-10-6-8-12-20(18)21/h5-12,21H,13-16H2,1-4H3,(H,27,32)(H,28,29)(H,30,31). The molecular formula is C26H32N2O5. The first kappa shape index (κ1) is 24.3. The highest BCUT2D eigenvalue weighted by Gasteiger charge is 2.32. The Morgan fingerprint density at radius 3 is 1.97 bits per heavy atom. The first-order valence-electron chi connectivity index (χ1n) is 11.1. The van der Waals surface area contributed by atoms with Gasteiger partial charge in [0.25, 0.3) is 0 Å². The first-order valence-corrected chi connectivity index (χ1v) is 11.1. The lowest BCUT2D eigenvalue weighted by Gasteiger charge is -2.26.